The summed E-state index contributed by atoms with van der Waals surface area (Å²) in [5, 5.41) is 5.17. The van der Waals surface area contributed by atoms with Gasteiger partial charge in [-0.1, -0.05) is 24.1 Å². The van der Waals surface area contributed by atoms with Crippen LogP contribution in [0.2, 0.25) is 0 Å². The van der Waals surface area contributed by atoms with Crippen LogP contribution in [0.5, 0.6) is 17.2 Å². The molecule has 0 radical (unpaired) electrons. The molecule has 158 valence electrons. The molecule has 4 rings (SSSR count). The third kappa shape index (κ3) is 4.23. The van der Waals surface area contributed by atoms with Crippen LogP contribution in [0, 0.1) is 12.3 Å². The number of benzene rings is 2. The summed E-state index contributed by atoms with van der Waals surface area (Å²) < 4.78 is 16.6. The fraction of sp³-hybridized carbons (Fsp3) is 0.240. The number of hydrogen-bond donors (Lipinski definition) is 1. The molecule has 1 aliphatic heterocycles. The van der Waals surface area contributed by atoms with E-state index in [2.05, 4.69) is 16.6 Å². The molecule has 0 unspecified atom stereocenters. The second-order valence-corrected chi connectivity index (χ2v) is 7.97. The molecule has 0 fully saturated rings. The van der Waals surface area contributed by atoms with Crippen LogP contribution in [0.15, 0.2) is 47.8 Å². The molecule has 6 heteroatoms. The Bertz CT molecular complexity index is 1130. The van der Waals surface area contributed by atoms with Crippen molar-refractivity contribution in [1.29, 1.82) is 0 Å². The molecule has 2 aromatic carbocycles. The van der Waals surface area contributed by atoms with Crippen LogP contribution in [-0.2, 0) is 4.79 Å². The summed E-state index contributed by atoms with van der Waals surface area (Å²) in [6.07, 6.45) is 5.70. The molecule has 1 amide bonds. The number of rotatable bonds is 7. The fourth-order valence-corrected chi connectivity index (χ4v) is 4.89. The van der Waals surface area contributed by atoms with Gasteiger partial charge in [-0.2, -0.15) is 0 Å². The number of nitrogens with one attached hydrogen (secondary N) is 1. The molecule has 0 saturated carbocycles. The van der Waals surface area contributed by atoms with Gasteiger partial charge in [0.15, 0.2) is 11.5 Å². The smallest absolute Gasteiger partial charge is 0.225 e. The molecule has 1 N–H and O–H groups in total. The first-order chi connectivity index (χ1) is 15.1. The summed E-state index contributed by atoms with van der Waals surface area (Å²) in [6.45, 7) is 2.60. The van der Waals surface area contributed by atoms with Crippen LogP contribution in [-0.4, -0.2) is 26.2 Å². The monoisotopic (exact) mass is 433 g/mol. The highest BCUT2D eigenvalue weighted by Gasteiger charge is 2.31. The van der Waals surface area contributed by atoms with Crippen LogP contribution in [0.4, 0.5) is 5.69 Å². The SMILES string of the molecule is C#CCOc1ccc([C@H]2CC(=O)Nc3c(-c4ccc(OC)cc4)csc32)cc1OCC. The summed E-state index contributed by atoms with van der Waals surface area (Å²) in [6, 6.07) is 13.6. The van der Waals surface area contributed by atoms with Gasteiger partial charge >= 0.3 is 0 Å². The van der Waals surface area contributed by atoms with Crippen LogP contribution in [0.25, 0.3) is 11.1 Å². The molecule has 2 heterocycles. The lowest BCUT2D eigenvalue weighted by molar-refractivity contribution is -0.116. The molecule has 31 heavy (non-hydrogen) atoms. The van der Waals surface area contributed by atoms with Crippen molar-refractivity contribution in [1.82, 2.24) is 0 Å². The van der Waals surface area contributed by atoms with Gasteiger partial charge in [-0.3, -0.25) is 4.79 Å². The van der Waals surface area contributed by atoms with E-state index in [1.807, 2.05) is 49.4 Å². The Morgan fingerprint density at radius 3 is 2.68 bits per heavy atom. The van der Waals surface area contributed by atoms with Gasteiger partial charge in [0.25, 0.3) is 0 Å². The number of amides is 1. The molecule has 0 bridgehead atoms. The number of fused-ring (bicyclic) bond motifs is 1. The predicted molar refractivity (Wildman–Crippen MR) is 123 cm³/mol. The average Bonchev–Trinajstić information content (AvgIpc) is 3.21. The van der Waals surface area contributed by atoms with Gasteiger partial charge in [0.2, 0.25) is 5.91 Å². The normalized spacial score (nSPS) is 14.9. The van der Waals surface area contributed by atoms with E-state index in [0.29, 0.717) is 24.5 Å². The molecular weight excluding hydrogens is 410 g/mol. The molecule has 1 atom stereocenters. The van der Waals surface area contributed by atoms with E-state index >= 15 is 0 Å². The highest BCUT2D eigenvalue weighted by Crippen LogP contribution is 2.47. The molecule has 0 aliphatic carbocycles. The number of carbonyl (C=O) groups is 1. The number of methoxy groups -OCH3 is 1. The highest BCUT2D eigenvalue weighted by atomic mass is 32.1. The molecular formula is C25H23NO4S. The highest BCUT2D eigenvalue weighted by molar-refractivity contribution is 7.11. The van der Waals surface area contributed by atoms with Crippen molar-refractivity contribution in [2.24, 2.45) is 0 Å². The summed E-state index contributed by atoms with van der Waals surface area (Å²) in [5.74, 6) is 4.45. The van der Waals surface area contributed by atoms with Crippen molar-refractivity contribution in [3.8, 4) is 40.7 Å². The quantitative estimate of drug-likeness (QED) is 0.513. The third-order valence-corrected chi connectivity index (χ3v) is 6.27. The van der Waals surface area contributed by atoms with Crippen LogP contribution < -0.4 is 19.5 Å². The minimum atomic E-state index is -0.0540. The van der Waals surface area contributed by atoms with Gasteiger partial charge in [-0.25, -0.2) is 0 Å². The number of thiophene rings is 1. The Morgan fingerprint density at radius 1 is 1.16 bits per heavy atom. The Labute approximate surface area is 186 Å². The van der Waals surface area contributed by atoms with Crippen molar-refractivity contribution in [3.05, 3.63) is 58.3 Å². The number of hydrogen-bond acceptors (Lipinski definition) is 5. The molecule has 0 spiro atoms. The van der Waals surface area contributed by atoms with Gasteiger partial charge in [-0.05, 0) is 42.3 Å². The first-order valence-electron chi connectivity index (χ1n) is 10.0. The zero-order valence-electron chi connectivity index (χ0n) is 17.4. The second kappa shape index (κ2) is 9.15. The Morgan fingerprint density at radius 2 is 1.97 bits per heavy atom. The van der Waals surface area contributed by atoms with Gasteiger partial charge in [0.1, 0.15) is 12.4 Å². The zero-order chi connectivity index (χ0) is 21.8. The second-order valence-electron chi connectivity index (χ2n) is 7.05. The zero-order valence-corrected chi connectivity index (χ0v) is 18.3. The van der Waals surface area contributed by atoms with Gasteiger partial charge < -0.3 is 19.5 Å². The Balaban J connectivity index is 1.72. The van der Waals surface area contributed by atoms with Crippen molar-refractivity contribution >= 4 is 22.9 Å². The number of terminal acetylenes is 1. The minimum Gasteiger partial charge on any atom is -0.497 e. The summed E-state index contributed by atoms with van der Waals surface area (Å²) in [5.41, 5.74) is 3.93. The van der Waals surface area contributed by atoms with Crippen molar-refractivity contribution in [2.75, 3.05) is 25.6 Å². The van der Waals surface area contributed by atoms with Crippen LogP contribution in [0.3, 0.4) is 0 Å². The topological polar surface area (TPSA) is 56.8 Å². The lowest BCUT2D eigenvalue weighted by Crippen LogP contribution is -2.22. The van der Waals surface area contributed by atoms with Crippen LogP contribution >= 0.6 is 11.3 Å². The third-order valence-electron chi connectivity index (χ3n) is 5.17. The van der Waals surface area contributed by atoms with E-state index in [1.54, 1.807) is 18.4 Å². The van der Waals surface area contributed by atoms with Gasteiger partial charge in [-0.15, -0.1) is 17.8 Å². The standard InChI is InChI=1S/C25H23NO4S/c1-4-12-30-21-11-8-17(13-22(21)29-5-2)19-14-23(27)26-24-20(15-31-25(19)24)16-6-9-18(28-3)10-7-16/h1,6-11,13,15,19H,5,12,14H2,2-3H3,(H,26,27)/t19-/m1/s1. The maximum atomic E-state index is 12.6. The summed E-state index contributed by atoms with van der Waals surface area (Å²) in [7, 11) is 1.64. The van der Waals surface area contributed by atoms with Crippen molar-refractivity contribution in [2.45, 2.75) is 19.3 Å². The Hall–Kier alpha value is -3.43. The van der Waals surface area contributed by atoms with E-state index < -0.39 is 0 Å². The minimum absolute atomic E-state index is 0.00344. The lowest BCUT2D eigenvalue weighted by atomic mass is 9.89. The largest absolute Gasteiger partial charge is 0.497 e. The first kappa shape index (κ1) is 20.8. The number of ether oxygens (including phenoxy) is 3. The lowest BCUT2D eigenvalue weighted by Gasteiger charge is -2.24. The number of carbonyl (C=O) groups excluding carboxylic acids is 1. The predicted octanol–water partition coefficient (Wildman–Crippen LogP) is 5.31. The van der Waals surface area contributed by atoms with Gasteiger partial charge in [0, 0.05) is 28.2 Å². The van der Waals surface area contributed by atoms with Crippen molar-refractivity contribution < 1.29 is 19.0 Å². The van der Waals surface area contributed by atoms with E-state index in [-0.39, 0.29) is 18.4 Å². The van der Waals surface area contributed by atoms with Gasteiger partial charge in [0.05, 0.1) is 19.4 Å². The summed E-state index contributed by atoms with van der Waals surface area (Å²) in [4.78, 5) is 13.7. The number of anilines is 1. The molecule has 3 aromatic rings. The summed E-state index contributed by atoms with van der Waals surface area (Å²) >= 11 is 1.65. The van der Waals surface area contributed by atoms with E-state index in [4.69, 9.17) is 20.6 Å². The molecule has 0 saturated heterocycles. The van der Waals surface area contributed by atoms with Crippen LogP contribution in [0.1, 0.15) is 29.7 Å². The Kier molecular flexibility index (Phi) is 6.15. The average molecular weight is 434 g/mol. The molecule has 5 nitrogen and oxygen atoms in total. The van der Waals surface area contributed by atoms with E-state index in [0.717, 1.165) is 33.0 Å². The molecule has 1 aromatic heterocycles. The molecule has 1 aliphatic rings. The van der Waals surface area contributed by atoms with E-state index in [9.17, 15) is 4.79 Å². The van der Waals surface area contributed by atoms with E-state index in [1.165, 1.54) is 0 Å². The maximum absolute atomic E-state index is 12.6. The maximum Gasteiger partial charge on any atom is 0.225 e. The first-order valence-corrected chi connectivity index (χ1v) is 10.9. The van der Waals surface area contributed by atoms with Crippen molar-refractivity contribution in [3.63, 3.8) is 0 Å². The fourth-order valence-electron chi connectivity index (χ4n) is 3.73.